The average Bonchev–Trinajstić information content (AvgIpc) is 2.79. The summed E-state index contributed by atoms with van der Waals surface area (Å²) >= 11 is 0. The summed E-state index contributed by atoms with van der Waals surface area (Å²) in [4.78, 5) is 0. The smallest absolute Gasteiger partial charge is 0.319 e. The number of hydrogen-bond acceptors (Lipinski definition) is 5. The van der Waals surface area contributed by atoms with Gasteiger partial charge in [0.05, 0.1) is 27.4 Å². The largest absolute Gasteiger partial charge is 0.496 e. The molecule has 0 heterocycles. The predicted molar refractivity (Wildman–Crippen MR) is 122 cm³/mol. The first-order valence-electron chi connectivity index (χ1n) is 10.7. The summed E-state index contributed by atoms with van der Waals surface area (Å²) in [6.45, 7) is 8.97. The minimum absolute atomic E-state index is 0.265. The molecule has 30 heavy (non-hydrogen) atoms. The Kier molecular flexibility index (Phi) is 9.90. The Morgan fingerprint density at radius 1 is 0.633 bits per heavy atom. The van der Waals surface area contributed by atoms with E-state index in [0.717, 1.165) is 48.3 Å². The van der Waals surface area contributed by atoms with Crippen LogP contribution >= 0.6 is 8.25 Å². The zero-order valence-electron chi connectivity index (χ0n) is 19.1. The van der Waals surface area contributed by atoms with Crippen LogP contribution in [0.15, 0.2) is 24.3 Å². The topological polar surface area (TPSA) is 54.0 Å². The summed E-state index contributed by atoms with van der Waals surface area (Å²) in [5, 5.41) is 0. The molecular weight excluding hydrogens is 399 g/mol. The van der Waals surface area contributed by atoms with Crippen molar-refractivity contribution in [1.82, 2.24) is 0 Å². The number of ether oxygens (including phenoxy) is 2. The number of methoxy groups -OCH3 is 2. The molecule has 0 N–H and O–H groups in total. The van der Waals surface area contributed by atoms with Crippen molar-refractivity contribution >= 4 is 8.25 Å². The Labute approximate surface area is 181 Å². The molecule has 5 nitrogen and oxygen atoms in total. The van der Waals surface area contributed by atoms with Crippen LogP contribution in [0.3, 0.4) is 0 Å². The van der Waals surface area contributed by atoms with Crippen LogP contribution in [0.5, 0.6) is 11.5 Å². The maximum absolute atomic E-state index is 12.4. The Hall–Kier alpha value is -1.81. The van der Waals surface area contributed by atoms with Gasteiger partial charge in [-0.3, -0.25) is 4.57 Å². The summed E-state index contributed by atoms with van der Waals surface area (Å²) < 4.78 is 34.6. The minimum Gasteiger partial charge on any atom is -0.496 e. The molecule has 0 bridgehead atoms. The van der Waals surface area contributed by atoms with Crippen molar-refractivity contribution in [3.8, 4) is 11.5 Å². The van der Waals surface area contributed by atoms with E-state index in [0.29, 0.717) is 0 Å². The normalized spacial score (nSPS) is 11.2. The molecule has 0 saturated carbocycles. The van der Waals surface area contributed by atoms with Gasteiger partial charge in [-0.1, -0.05) is 39.8 Å². The molecule has 2 aromatic rings. The first kappa shape index (κ1) is 24.5. The second-order valence-electron chi connectivity index (χ2n) is 7.01. The number of benzene rings is 2. The zero-order valence-corrected chi connectivity index (χ0v) is 20.1. The van der Waals surface area contributed by atoms with Crippen LogP contribution in [0.4, 0.5) is 0 Å². The van der Waals surface area contributed by atoms with Gasteiger partial charge in [0.2, 0.25) is 0 Å². The molecule has 2 aromatic carbocycles. The maximum atomic E-state index is 12.4. The molecule has 2 rings (SSSR count). The molecule has 0 aliphatic rings. The van der Waals surface area contributed by atoms with E-state index in [-0.39, 0.29) is 13.2 Å². The average molecular weight is 435 g/mol. The third-order valence-electron chi connectivity index (χ3n) is 5.52. The van der Waals surface area contributed by atoms with Gasteiger partial charge in [0, 0.05) is 0 Å². The molecule has 0 amide bonds. The summed E-state index contributed by atoms with van der Waals surface area (Å²) in [5.41, 5.74) is 6.82. The van der Waals surface area contributed by atoms with Crippen molar-refractivity contribution < 1.29 is 23.1 Å². The molecule has 0 unspecified atom stereocenters. The number of rotatable bonds is 12. The second-order valence-corrected chi connectivity index (χ2v) is 8.09. The summed E-state index contributed by atoms with van der Waals surface area (Å²) in [6, 6.07) is 7.87. The van der Waals surface area contributed by atoms with Gasteiger partial charge < -0.3 is 18.5 Å². The highest BCUT2D eigenvalue weighted by Gasteiger charge is 2.14. The van der Waals surface area contributed by atoms with Gasteiger partial charge in [0.15, 0.2) is 0 Å². The fourth-order valence-electron chi connectivity index (χ4n) is 4.06. The van der Waals surface area contributed by atoms with Gasteiger partial charge in [0.1, 0.15) is 11.5 Å². The molecule has 0 fully saturated rings. The van der Waals surface area contributed by atoms with Gasteiger partial charge >= 0.3 is 8.25 Å². The lowest BCUT2D eigenvalue weighted by molar-refractivity contribution is 0.212. The van der Waals surface area contributed by atoms with E-state index >= 15 is 0 Å². The van der Waals surface area contributed by atoms with Crippen molar-refractivity contribution in [3.63, 3.8) is 0 Å². The second kappa shape index (κ2) is 12.1. The first-order valence-corrected chi connectivity index (χ1v) is 11.9. The molecule has 0 atom stereocenters. The Bertz CT molecular complexity index is 794. The van der Waals surface area contributed by atoms with Gasteiger partial charge in [-0.05, 0) is 71.2 Å². The van der Waals surface area contributed by atoms with Crippen LogP contribution in [0, 0.1) is 0 Å². The van der Waals surface area contributed by atoms with Crippen molar-refractivity contribution in [3.05, 3.63) is 57.6 Å². The monoisotopic (exact) mass is 434 g/mol. The van der Waals surface area contributed by atoms with E-state index in [1.54, 1.807) is 14.2 Å². The van der Waals surface area contributed by atoms with Crippen LogP contribution in [-0.2, 0) is 52.5 Å². The van der Waals surface area contributed by atoms with Crippen molar-refractivity contribution in [2.24, 2.45) is 0 Å². The highest BCUT2D eigenvalue weighted by molar-refractivity contribution is 7.33. The summed E-state index contributed by atoms with van der Waals surface area (Å²) in [5.74, 6) is 1.78. The molecule has 0 aliphatic carbocycles. The summed E-state index contributed by atoms with van der Waals surface area (Å²) in [7, 11) is 0.754. The van der Waals surface area contributed by atoms with Crippen molar-refractivity contribution in [2.45, 2.75) is 66.6 Å². The quantitative estimate of drug-likeness (QED) is 0.379. The lowest BCUT2D eigenvalue weighted by atomic mass is 9.96. The third-order valence-corrected chi connectivity index (χ3v) is 6.28. The predicted octanol–water partition coefficient (Wildman–Crippen LogP) is 6.08. The van der Waals surface area contributed by atoms with Crippen LogP contribution < -0.4 is 9.47 Å². The fourth-order valence-corrected chi connectivity index (χ4v) is 4.69. The van der Waals surface area contributed by atoms with E-state index in [1.807, 2.05) is 24.3 Å². The molecule has 0 spiro atoms. The lowest BCUT2D eigenvalue weighted by Gasteiger charge is -2.17. The molecule has 6 heteroatoms. The van der Waals surface area contributed by atoms with Gasteiger partial charge in [-0.15, -0.1) is 0 Å². The zero-order chi connectivity index (χ0) is 22.1. The molecule has 0 aliphatic heterocycles. The maximum Gasteiger partial charge on any atom is 0.319 e. The summed E-state index contributed by atoms with van der Waals surface area (Å²) in [6.07, 6.45) is 3.49. The van der Waals surface area contributed by atoms with E-state index in [2.05, 4.69) is 27.7 Å². The van der Waals surface area contributed by atoms with Crippen LogP contribution in [0.1, 0.15) is 61.1 Å². The van der Waals surface area contributed by atoms with Crippen LogP contribution in [-0.4, -0.2) is 14.2 Å². The van der Waals surface area contributed by atoms with E-state index in [1.165, 1.54) is 22.3 Å². The Balaban J connectivity index is 2.06. The Morgan fingerprint density at radius 3 is 1.30 bits per heavy atom. The molecule has 166 valence electrons. The van der Waals surface area contributed by atoms with Gasteiger partial charge in [-0.25, -0.2) is 0 Å². The van der Waals surface area contributed by atoms with E-state index < -0.39 is 8.25 Å². The van der Waals surface area contributed by atoms with Crippen molar-refractivity contribution in [2.75, 3.05) is 14.2 Å². The van der Waals surface area contributed by atoms with Crippen LogP contribution in [0.25, 0.3) is 0 Å². The van der Waals surface area contributed by atoms with E-state index in [9.17, 15) is 4.57 Å². The minimum atomic E-state index is -2.62. The fraction of sp³-hybridized carbons (Fsp3) is 0.500. The van der Waals surface area contributed by atoms with E-state index in [4.69, 9.17) is 18.5 Å². The third kappa shape index (κ3) is 5.66. The molecular formula is C24H35O5P. The SMILES string of the molecule is CCc1c(CO[PH](=O)OCc2ccc(OC)c(CC)c2CC)ccc(OC)c1CC. The molecule has 0 radical (unpaired) electrons. The van der Waals surface area contributed by atoms with Crippen molar-refractivity contribution in [1.29, 1.82) is 0 Å². The lowest BCUT2D eigenvalue weighted by Crippen LogP contribution is -2.03. The molecule has 0 aromatic heterocycles. The van der Waals surface area contributed by atoms with Crippen LogP contribution in [0.2, 0.25) is 0 Å². The standard InChI is InChI=1S/C24H35O5P/c1-7-19-17(11-13-23(26-5)21(19)9-3)15-28-30(25)29-16-18-12-14-24(27-6)22(10-4)20(18)8-2/h11-14,30H,7-10,15-16H2,1-6H3. The first-order chi connectivity index (χ1) is 14.5. The van der Waals surface area contributed by atoms with Gasteiger partial charge in [-0.2, -0.15) is 0 Å². The van der Waals surface area contributed by atoms with Gasteiger partial charge in [0.25, 0.3) is 0 Å². The molecule has 0 saturated heterocycles. The Morgan fingerprint density at radius 2 is 1.00 bits per heavy atom. The highest BCUT2D eigenvalue weighted by atomic mass is 31.1. The number of hydrogen-bond donors (Lipinski definition) is 0. The highest BCUT2D eigenvalue weighted by Crippen LogP contribution is 2.33.